The predicted octanol–water partition coefficient (Wildman–Crippen LogP) is 3.92. The zero-order valence-electron chi connectivity index (χ0n) is 19.3. The number of hydrogen-bond acceptors (Lipinski definition) is 6. The number of sulfonamides is 1. The molecule has 9 heteroatoms. The molecule has 1 amide bonds. The number of piperidine rings is 1. The van der Waals surface area contributed by atoms with E-state index in [-0.39, 0.29) is 23.3 Å². The average Bonchev–Trinajstić information content (AvgIpc) is 3.36. The highest BCUT2D eigenvalue weighted by Gasteiger charge is 2.32. The van der Waals surface area contributed by atoms with Gasteiger partial charge >= 0.3 is 0 Å². The van der Waals surface area contributed by atoms with Crippen LogP contribution in [0, 0.1) is 12.8 Å². The van der Waals surface area contributed by atoms with Crippen molar-refractivity contribution in [2.24, 2.45) is 5.92 Å². The molecule has 0 saturated carbocycles. The van der Waals surface area contributed by atoms with Crippen LogP contribution in [-0.2, 0) is 21.4 Å². The highest BCUT2D eigenvalue weighted by molar-refractivity contribution is 7.89. The summed E-state index contributed by atoms with van der Waals surface area (Å²) < 4.78 is 33.1. The number of nitrogens with one attached hydrogen (secondary N) is 1. The van der Waals surface area contributed by atoms with Crippen LogP contribution >= 0.6 is 0 Å². The van der Waals surface area contributed by atoms with Crippen molar-refractivity contribution < 1.29 is 17.7 Å². The van der Waals surface area contributed by atoms with Gasteiger partial charge in [-0.3, -0.25) is 4.79 Å². The summed E-state index contributed by atoms with van der Waals surface area (Å²) in [6.07, 6.45) is 0.911. The summed E-state index contributed by atoms with van der Waals surface area (Å²) in [6.45, 7) is 2.72. The van der Waals surface area contributed by atoms with Crippen LogP contribution in [-0.4, -0.2) is 41.9 Å². The molecule has 0 aliphatic carbocycles. The summed E-state index contributed by atoms with van der Waals surface area (Å²) in [7, 11) is -3.62. The molecule has 0 radical (unpaired) electrons. The van der Waals surface area contributed by atoms with Crippen LogP contribution in [0.2, 0.25) is 0 Å². The Hall–Kier alpha value is -3.56. The van der Waals surface area contributed by atoms with Crippen LogP contribution in [0.4, 0.5) is 0 Å². The van der Waals surface area contributed by atoms with E-state index < -0.39 is 10.0 Å². The average molecular weight is 491 g/mol. The fourth-order valence-electron chi connectivity index (χ4n) is 4.37. The molecule has 0 bridgehead atoms. The monoisotopic (exact) mass is 490 g/mol. The molecule has 1 aliphatic rings. The van der Waals surface area contributed by atoms with Crippen LogP contribution in [0.5, 0.6) is 0 Å². The van der Waals surface area contributed by atoms with Crippen LogP contribution in [0.1, 0.15) is 24.3 Å². The number of fused-ring (bicyclic) bond motifs is 1. The van der Waals surface area contributed by atoms with E-state index in [0.717, 1.165) is 21.9 Å². The number of amides is 1. The van der Waals surface area contributed by atoms with Gasteiger partial charge in [-0.1, -0.05) is 59.3 Å². The predicted molar refractivity (Wildman–Crippen MR) is 132 cm³/mol. The maximum Gasteiger partial charge on any atom is 0.246 e. The topological polar surface area (TPSA) is 105 Å². The van der Waals surface area contributed by atoms with Gasteiger partial charge in [0.1, 0.15) is 0 Å². The second kappa shape index (κ2) is 9.59. The number of hydrogen-bond donors (Lipinski definition) is 1. The molecular weight excluding hydrogens is 464 g/mol. The number of nitrogens with zero attached hydrogens (tertiary/aromatic N) is 3. The Kier molecular flexibility index (Phi) is 6.36. The third kappa shape index (κ3) is 4.96. The molecular formula is C26H26N4O4S. The highest BCUT2D eigenvalue weighted by atomic mass is 32.2. The van der Waals surface area contributed by atoms with Crippen molar-refractivity contribution in [3.05, 3.63) is 78.2 Å². The maximum absolute atomic E-state index is 13.2. The van der Waals surface area contributed by atoms with Crippen molar-refractivity contribution in [3.8, 4) is 11.4 Å². The number of aryl methyl sites for hydroxylation is 1. The summed E-state index contributed by atoms with van der Waals surface area (Å²) in [5.41, 5.74) is 1.95. The van der Waals surface area contributed by atoms with Gasteiger partial charge in [0.05, 0.1) is 11.4 Å². The Balaban J connectivity index is 1.17. The van der Waals surface area contributed by atoms with Gasteiger partial charge in [0.15, 0.2) is 0 Å². The van der Waals surface area contributed by atoms with E-state index in [0.29, 0.717) is 37.6 Å². The third-order valence-electron chi connectivity index (χ3n) is 6.34. The minimum absolute atomic E-state index is 0.132. The van der Waals surface area contributed by atoms with Crippen molar-refractivity contribution in [3.63, 3.8) is 0 Å². The largest absolute Gasteiger partial charge is 0.347 e. The SMILES string of the molecule is Cc1cccc(-c2noc(CNC(=O)C3CCN(S(=O)(=O)c4ccc5ccccc5c4)CC3)n2)c1. The molecule has 1 N–H and O–H groups in total. The van der Waals surface area contributed by atoms with E-state index in [9.17, 15) is 13.2 Å². The van der Waals surface area contributed by atoms with Crippen molar-refractivity contribution in [2.45, 2.75) is 31.2 Å². The first-order valence-corrected chi connectivity index (χ1v) is 13.0. The fraction of sp³-hybridized carbons (Fsp3) is 0.269. The molecule has 1 aliphatic heterocycles. The van der Waals surface area contributed by atoms with E-state index in [2.05, 4.69) is 15.5 Å². The van der Waals surface area contributed by atoms with E-state index in [4.69, 9.17) is 4.52 Å². The first kappa shape index (κ1) is 23.2. The van der Waals surface area contributed by atoms with Gasteiger partial charge in [-0.25, -0.2) is 8.42 Å². The molecule has 2 heterocycles. The number of carbonyl (C=O) groups is 1. The Labute approximate surface area is 204 Å². The Bertz CT molecular complexity index is 1470. The molecule has 5 rings (SSSR count). The van der Waals surface area contributed by atoms with Crippen LogP contribution in [0.25, 0.3) is 22.2 Å². The van der Waals surface area contributed by atoms with Gasteiger partial charge in [0.2, 0.25) is 27.6 Å². The second-order valence-corrected chi connectivity index (χ2v) is 10.7. The summed E-state index contributed by atoms with van der Waals surface area (Å²) in [6, 6.07) is 20.6. The molecule has 0 unspecified atom stereocenters. The maximum atomic E-state index is 13.2. The molecule has 0 atom stereocenters. The highest BCUT2D eigenvalue weighted by Crippen LogP contribution is 2.26. The summed E-state index contributed by atoms with van der Waals surface area (Å²) in [5.74, 6) is 0.400. The van der Waals surface area contributed by atoms with Crippen LogP contribution < -0.4 is 5.32 Å². The molecule has 8 nitrogen and oxygen atoms in total. The van der Waals surface area contributed by atoms with E-state index >= 15 is 0 Å². The standard InChI is InChI=1S/C26H26N4O4S/c1-18-5-4-8-22(15-18)25-28-24(34-29-25)17-27-26(31)20-11-13-30(14-12-20)35(32,33)23-10-9-19-6-2-3-7-21(19)16-23/h2-10,15-16,20H,11-14,17H2,1H3,(H,27,31). The molecule has 0 spiro atoms. The Morgan fingerprint density at radius 1 is 1.03 bits per heavy atom. The van der Waals surface area contributed by atoms with E-state index in [1.807, 2.05) is 61.5 Å². The Morgan fingerprint density at radius 2 is 1.80 bits per heavy atom. The first-order valence-electron chi connectivity index (χ1n) is 11.6. The van der Waals surface area contributed by atoms with Crippen molar-refractivity contribution in [1.29, 1.82) is 0 Å². The van der Waals surface area contributed by atoms with Crippen molar-refractivity contribution in [1.82, 2.24) is 19.8 Å². The van der Waals surface area contributed by atoms with E-state index in [1.54, 1.807) is 12.1 Å². The Morgan fingerprint density at radius 3 is 2.57 bits per heavy atom. The minimum Gasteiger partial charge on any atom is -0.347 e. The van der Waals surface area contributed by atoms with Crippen molar-refractivity contribution >= 4 is 26.7 Å². The lowest BCUT2D eigenvalue weighted by Gasteiger charge is -2.30. The van der Waals surface area contributed by atoms with Crippen molar-refractivity contribution in [2.75, 3.05) is 13.1 Å². The normalized spacial score (nSPS) is 15.3. The quantitative estimate of drug-likeness (QED) is 0.439. The molecule has 180 valence electrons. The second-order valence-electron chi connectivity index (χ2n) is 8.79. The number of aromatic nitrogens is 2. The number of rotatable bonds is 6. The molecule has 1 fully saturated rings. The zero-order valence-corrected chi connectivity index (χ0v) is 20.2. The third-order valence-corrected chi connectivity index (χ3v) is 8.24. The molecule has 3 aromatic carbocycles. The summed E-state index contributed by atoms with van der Waals surface area (Å²) in [5, 5.41) is 8.72. The molecule has 35 heavy (non-hydrogen) atoms. The fourth-order valence-corrected chi connectivity index (χ4v) is 5.88. The number of carbonyl (C=O) groups excluding carboxylic acids is 1. The lowest BCUT2D eigenvalue weighted by molar-refractivity contribution is -0.126. The van der Waals surface area contributed by atoms with Crippen LogP contribution in [0.15, 0.2) is 76.1 Å². The van der Waals surface area contributed by atoms with Gasteiger partial charge in [-0.2, -0.15) is 9.29 Å². The smallest absolute Gasteiger partial charge is 0.246 e. The number of benzene rings is 3. The molecule has 1 aromatic heterocycles. The summed E-state index contributed by atoms with van der Waals surface area (Å²) in [4.78, 5) is 17.3. The molecule has 4 aromatic rings. The van der Waals surface area contributed by atoms with Gasteiger partial charge in [0, 0.05) is 24.6 Å². The van der Waals surface area contributed by atoms with Gasteiger partial charge < -0.3 is 9.84 Å². The van der Waals surface area contributed by atoms with Gasteiger partial charge in [0.25, 0.3) is 0 Å². The van der Waals surface area contributed by atoms with E-state index in [1.165, 1.54) is 4.31 Å². The van der Waals surface area contributed by atoms with Gasteiger partial charge in [-0.15, -0.1) is 0 Å². The zero-order chi connectivity index (χ0) is 24.4. The lowest BCUT2D eigenvalue weighted by Crippen LogP contribution is -2.42. The van der Waals surface area contributed by atoms with Gasteiger partial charge in [-0.05, 0) is 48.7 Å². The summed E-state index contributed by atoms with van der Waals surface area (Å²) >= 11 is 0. The first-order chi connectivity index (χ1) is 16.9. The lowest BCUT2D eigenvalue weighted by atomic mass is 9.97. The minimum atomic E-state index is -3.62. The molecule has 1 saturated heterocycles. The van der Waals surface area contributed by atoms with Crippen LogP contribution in [0.3, 0.4) is 0 Å².